The highest BCUT2D eigenvalue weighted by Crippen LogP contribution is 2.29. The van der Waals surface area contributed by atoms with E-state index in [0.29, 0.717) is 12.0 Å². The number of carbonyl (C=O) groups is 1. The number of hydrogen-bond acceptors (Lipinski definition) is 3. The van der Waals surface area contributed by atoms with Gasteiger partial charge in [0.25, 0.3) is 0 Å². The van der Waals surface area contributed by atoms with Gasteiger partial charge in [-0.05, 0) is 30.2 Å². The van der Waals surface area contributed by atoms with Crippen LogP contribution in [0.25, 0.3) is 0 Å². The molecule has 0 aromatic heterocycles. The summed E-state index contributed by atoms with van der Waals surface area (Å²) in [5.41, 5.74) is 1.16. The van der Waals surface area contributed by atoms with Gasteiger partial charge in [-0.15, -0.1) is 0 Å². The van der Waals surface area contributed by atoms with E-state index >= 15 is 0 Å². The SMILES string of the molecule is O=Cc1cccc(CC2(O)CCCSC2)c1. The standard InChI is InChI=1S/C13H16O2S/c14-9-12-4-1-3-11(7-12)8-13(15)5-2-6-16-10-13/h1,3-4,7,9,15H,2,5-6,8,10H2. The van der Waals surface area contributed by atoms with E-state index < -0.39 is 5.60 Å². The highest BCUT2D eigenvalue weighted by molar-refractivity contribution is 7.99. The zero-order chi connectivity index (χ0) is 11.4. The normalized spacial score (nSPS) is 25.3. The Labute approximate surface area is 100 Å². The van der Waals surface area contributed by atoms with Gasteiger partial charge in [0.15, 0.2) is 0 Å². The average Bonchev–Trinajstić information content (AvgIpc) is 2.29. The van der Waals surface area contributed by atoms with Crippen molar-refractivity contribution in [2.24, 2.45) is 0 Å². The Kier molecular flexibility index (Phi) is 3.66. The molecule has 0 aliphatic carbocycles. The number of carbonyl (C=O) groups excluding carboxylic acids is 1. The van der Waals surface area contributed by atoms with E-state index in [1.165, 1.54) is 0 Å². The van der Waals surface area contributed by atoms with Crippen molar-refractivity contribution in [3.63, 3.8) is 0 Å². The summed E-state index contributed by atoms with van der Waals surface area (Å²) in [5, 5.41) is 10.4. The second kappa shape index (κ2) is 5.02. The van der Waals surface area contributed by atoms with Crippen molar-refractivity contribution in [1.82, 2.24) is 0 Å². The summed E-state index contributed by atoms with van der Waals surface area (Å²) >= 11 is 1.81. The highest BCUT2D eigenvalue weighted by Gasteiger charge is 2.29. The molecular formula is C13H16O2S. The van der Waals surface area contributed by atoms with Gasteiger partial charge in [-0.2, -0.15) is 11.8 Å². The van der Waals surface area contributed by atoms with Gasteiger partial charge in [-0.25, -0.2) is 0 Å². The molecule has 1 aliphatic heterocycles. The van der Waals surface area contributed by atoms with Crippen LogP contribution in [0.3, 0.4) is 0 Å². The molecule has 1 aromatic carbocycles. The van der Waals surface area contributed by atoms with Crippen LogP contribution in [0, 0.1) is 0 Å². The molecule has 1 unspecified atom stereocenters. The lowest BCUT2D eigenvalue weighted by Crippen LogP contribution is -2.37. The van der Waals surface area contributed by atoms with Crippen molar-refractivity contribution in [1.29, 1.82) is 0 Å². The lowest BCUT2D eigenvalue weighted by atomic mass is 9.91. The molecule has 1 saturated heterocycles. The fraction of sp³-hybridized carbons (Fsp3) is 0.462. The maximum absolute atomic E-state index is 10.7. The first kappa shape index (κ1) is 11.7. The molecule has 1 heterocycles. The number of aldehydes is 1. The molecule has 0 bridgehead atoms. The van der Waals surface area contributed by atoms with Crippen LogP contribution in [-0.4, -0.2) is 28.5 Å². The van der Waals surface area contributed by atoms with Gasteiger partial charge in [0.05, 0.1) is 5.60 Å². The Hall–Kier alpha value is -0.800. The summed E-state index contributed by atoms with van der Waals surface area (Å²) in [4.78, 5) is 10.7. The van der Waals surface area contributed by atoms with E-state index in [2.05, 4.69) is 0 Å². The number of hydrogen-bond donors (Lipinski definition) is 1. The molecule has 2 nitrogen and oxygen atoms in total. The number of rotatable bonds is 3. The number of thioether (sulfide) groups is 1. The first-order chi connectivity index (χ1) is 7.72. The Balaban J connectivity index is 2.09. The summed E-state index contributed by atoms with van der Waals surface area (Å²) in [6.45, 7) is 0. The van der Waals surface area contributed by atoms with Crippen molar-refractivity contribution in [3.05, 3.63) is 35.4 Å². The first-order valence-electron chi connectivity index (χ1n) is 5.56. The van der Waals surface area contributed by atoms with Crippen LogP contribution in [0.2, 0.25) is 0 Å². The predicted molar refractivity (Wildman–Crippen MR) is 67.0 cm³/mol. The quantitative estimate of drug-likeness (QED) is 0.818. The number of benzene rings is 1. The van der Waals surface area contributed by atoms with Crippen molar-refractivity contribution in [3.8, 4) is 0 Å². The van der Waals surface area contributed by atoms with Crippen LogP contribution >= 0.6 is 11.8 Å². The Morgan fingerprint density at radius 2 is 2.38 bits per heavy atom. The van der Waals surface area contributed by atoms with Gasteiger partial charge >= 0.3 is 0 Å². The molecular weight excluding hydrogens is 220 g/mol. The van der Waals surface area contributed by atoms with E-state index in [1.807, 2.05) is 30.0 Å². The van der Waals surface area contributed by atoms with Crippen LogP contribution in [0.5, 0.6) is 0 Å². The second-order valence-electron chi connectivity index (χ2n) is 4.42. The minimum absolute atomic E-state index is 0.579. The van der Waals surface area contributed by atoms with Gasteiger partial charge in [0.1, 0.15) is 6.29 Å². The fourth-order valence-electron chi connectivity index (χ4n) is 2.13. The number of aliphatic hydroxyl groups is 1. The lowest BCUT2D eigenvalue weighted by molar-refractivity contribution is 0.0529. The van der Waals surface area contributed by atoms with Crippen LogP contribution in [0.15, 0.2) is 24.3 Å². The van der Waals surface area contributed by atoms with Gasteiger partial charge in [0.2, 0.25) is 0 Å². The molecule has 1 aromatic rings. The molecule has 1 aliphatic rings. The fourth-order valence-corrected chi connectivity index (χ4v) is 3.25. The smallest absolute Gasteiger partial charge is 0.150 e. The van der Waals surface area contributed by atoms with Crippen molar-refractivity contribution in [2.45, 2.75) is 24.9 Å². The highest BCUT2D eigenvalue weighted by atomic mass is 32.2. The van der Waals surface area contributed by atoms with Crippen LogP contribution in [0.4, 0.5) is 0 Å². The molecule has 2 rings (SSSR count). The van der Waals surface area contributed by atoms with E-state index in [4.69, 9.17) is 0 Å². The summed E-state index contributed by atoms with van der Waals surface area (Å²) in [5.74, 6) is 1.95. The monoisotopic (exact) mass is 236 g/mol. The third kappa shape index (κ3) is 2.86. The minimum atomic E-state index is -0.579. The topological polar surface area (TPSA) is 37.3 Å². The van der Waals surface area contributed by atoms with Gasteiger partial charge in [0, 0.05) is 17.7 Å². The Morgan fingerprint density at radius 1 is 1.50 bits per heavy atom. The molecule has 3 heteroatoms. The summed E-state index contributed by atoms with van der Waals surface area (Å²) in [6.07, 6.45) is 3.45. The lowest BCUT2D eigenvalue weighted by Gasteiger charge is -2.31. The van der Waals surface area contributed by atoms with Crippen LogP contribution in [-0.2, 0) is 6.42 Å². The summed E-state index contributed by atoms with van der Waals surface area (Å²) < 4.78 is 0. The third-order valence-electron chi connectivity index (χ3n) is 2.92. The maximum atomic E-state index is 10.7. The van der Waals surface area contributed by atoms with Crippen molar-refractivity contribution >= 4 is 18.0 Å². The second-order valence-corrected chi connectivity index (χ2v) is 5.53. The summed E-state index contributed by atoms with van der Waals surface area (Å²) in [7, 11) is 0. The van der Waals surface area contributed by atoms with E-state index in [1.54, 1.807) is 6.07 Å². The zero-order valence-electron chi connectivity index (χ0n) is 9.19. The molecule has 0 saturated carbocycles. The minimum Gasteiger partial charge on any atom is -0.389 e. The van der Waals surface area contributed by atoms with Crippen LogP contribution in [0.1, 0.15) is 28.8 Å². The maximum Gasteiger partial charge on any atom is 0.150 e. The Bertz CT molecular complexity index is 370. The first-order valence-corrected chi connectivity index (χ1v) is 6.72. The van der Waals surface area contributed by atoms with Gasteiger partial charge in [-0.1, -0.05) is 18.2 Å². The van der Waals surface area contributed by atoms with Gasteiger partial charge < -0.3 is 5.11 Å². The van der Waals surface area contributed by atoms with E-state index in [9.17, 15) is 9.90 Å². The molecule has 1 fully saturated rings. The molecule has 0 amide bonds. The molecule has 16 heavy (non-hydrogen) atoms. The molecule has 1 atom stereocenters. The average molecular weight is 236 g/mol. The summed E-state index contributed by atoms with van der Waals surface area (Å²) in [6, 6.07) is 7.50. The van der Waals surface area contributed by atoms with Crippen LogP contribution < -0.4 is 0 Å². The molecule has 86 valence electrons. The van der Waals surface area contributed by atoms with E-state index in [0.717, 1.165) is 36.2 Å². The predicted octanol–water partition coefficient (Wildman–Crippen LogP) is 2.30. The van der Waals surface area contributed by atoms with Gasteiger partial charge in [-0.3, -0.25) is 4.79 Å². The molecule has 0 spiro atoms. The Morgan fingerprint density at radius 3 is 3.06 bits per heavy atom. The van der Waals surface area contributed by atoms with Crippen molar-refractivity contribution in [2.75, 3.05) is 11.5 Å². The largest absolute Gasteiger partial charge is 0.389 e. The molecule has 0 radical (unpaired) electrons. The van der Waals surface area contributed by atoms with Crippen molar-refractivity contribution < 1.29 is 9.90 Å². The molecule has 1 N–H and O–H groups in total. The van der Waals surface area contributed by atoms with E-state index in [-0.39, 0.29) is 0 Å². The third-order valence-corrected chi connectivity index (χ3v) is 4.24. The zero-order valence-corrected chi connectivity index (χ0v) is 10.0.